The number of aryl methyl sites for hydroxylation is 1. The monoisotopic (exact) mass is 920 g/mol. The molecule has 4 N–H and O–H groups in total. The van der Waals surface area contributed by atoms with Crippen LogP contribution in [0.5, 0.6) is 0 Å². The molecule has 0 radical (unpaired) electrons. The molecule has 3 fully saturated rings. The zero-order valence-electron chi connectivity index (χ0n) is 36.5. The maximum absolute atomic E-state index is 14.0. The molecule has 4 aliphatic rings. The standard InChI is InChI=1S/C47H50F2N10O8/c48-42(49)41-36(53-43(61)37-27-67-45(54-37)30-14-15-50-39(21-30)51-23-29-4-5-29)26-58(56-41)33-9-6-28(7-10-33)3-1-2-17-65-19-20-66-18-16-57-24-32(25-57)52-31-8-11-34-35(22-31)47(64)59(46(34)63)38-12-13-40(60)55-44(38)62/h6-11,14-15,21-22,26-27,29,32,38,42,52H,1-5,12-13,16-20,23-25H2,(H,50,51)(H,53,61)(H,55,60,62). The van der Waals surface area contributed by atoms with Crippen molar-refractivity contribution < 1.29 is 46.6 Å². The number of amides is 5. The molecule has 2 saturated heterocycles. The van der Waals surface area contributed by atoms with E-state index in [4.69, 9.17) is 13.9 Å². The molecule has 1 aliphatic carbocycles. The number of fused-ring (bicyclic) bond motifs is 1. The van der Waals surface area contributed by atoms with Gasteiger partial charge >= 0.3 is 0 Å². The van der Waals surface area contributed by atoms with Gasteiger partial charge in [0.05, 0.1) is 54.6 Å². The first-order valence-electron chi connectivity index (χ1n) is 22.5. The highest BCUT2D eigenvalue weighted by Crippen LogP contribution is 2.32. The number of halogens is 2. The van der Waals surface area contributed by atoms with Crippen LogP contribution < -0.4 is 21.3 Å². The summed E-state index contributed by atoms with van der Waals surface area (Å²) in [6.45, 7) is 5.29. The lowest BCUT2D eigenvalue weighted by Crippen LogP contribution is -2.55. The van der Waals surface area contributed by atoms with E-state index >= 15 is 0 Å². The van der Waals surface area contributed by atoms with E-state index in [1.807, 2.05) is 12.1 Å². The number of imide groups is 2. The van der Waals surface area contributed by atoms with Crippen molar-refractivity contribution in [1.82, 2.24) is 34.9 Å². The number of oxazole rings is 1. The Hall–Kier alpha value is -6.90. The normalized spacial score (nSPS) is 17.5. The Balaban J connectivity index is 0.635. The number of anilines is 3. The van der Waals surface area contributed by atoms with Gasteiger partial charge in [0, 0.05) is 56.7 Å². The lowest BCUT2D eigenvalue weighted by Gasteiger charge is -2.40. The first-order chi connectivity index (χ1) is 32.6. The van der Waals surface area contributed by atoms with Crippen LogP contribution in [0.1, 0.15) is 87.4 Å². The average Bonchev–Trinajstić information content (AvgIpc) is 3.72. The van der Waals surface area contributed by atoms with E-state index in [1.54, 1.807) is 48.7 Å². The van der Waals surface area contributed by atoms with Gasteiger partial charge in [0.25, 0.3) is 24.1 Å². The summed E-state index contributed by atoms with van der Waals surface area (Å²) in [7, 11) is 0. The number of hydrogen-bond acceptors (Lipinski definition) is 14. The van der Waals surface area contributed by atoms with Gasteiger partial charge in [-0.15, -0.1) is 0 Å². The summed E-state index contributed by atoms with van der Waals surface area (Å²) in [6, 6.07) is 15.1. The van der Waals surface area contributed by atoms with Gasteiger partial charge in [-0.05, 0) is 92.5 Å². The van der Waals surface area contributed by atoms with Crippen LogP contribution in [-0.2, 0) is 25.5 Å². The fourth-order valence-corrected chi connectivity index (χ4v) is 8.21. The van der Waals surface area contributed by atoms with Crippen LogP contribution in [-0.4, -0.2) is 124 Å². The summed E-state index contributed by atoms with van der Waals surface area (Å²) in [5.74, 6) is -1.28. The van der Waals surface area contributed by atoms with Crippen LogP contribution in [0.2, 0.25) is 0 Å². The van der Waals surface area contributed by atoms with Gasteiger partial charge in [-0.25, -0.2) is 23.4 Å². The highest BCUT2D eigenvalue weighted by Gasteiger charge is 2.45. The number of pyridine rings is 1. The largest absolute Gasteiger partial charge is 0.444 e. The number of piperidine rings is 1. The zero-order valence-corrected chi connectivity index (χ0v) is 36.5. The van der Waals surface area contributed by atoms with Gasteiger partial charge < -0.3 is 29.8 Å². The number of ether oxygens (including phenoxy) is 2. The SMILES string of the molecule is O=C1CCC(N2C(=O)c3ccc(NC4CN(CCOCCOCCCCc5ccc(-n6cc(NC(=O)c7coc(-c8ccnc(NCC9CC9)c8)n7)c(C(F)F)n6)cc5)C4)cc3C2=O)C(=O)N1. The number of aromatic nitrogens is 4. The van der Waals surface area contributed by atoms with Crippen molar-refractivity contribution in [2.45, 2.75) is 63.5 Å². The van der Waals surface area contributed by atoms with Crippen LogP contribution >= 0.6 is 0 Å². The first-order valence-corrected chi connectivity index (χ1v) is 22.5. The smallest absolute Gasteiger partial charge is 0.284 e. The predicted octanol–water partition coefficient (Wildman–Crippen LogP) is 5.49. The third-order valence-electron chi connectivity index (χ3n) is 12.1. The number of alkyl halides is 2. The zero-order chi connectivity index (χ0) is 46.4. The summed E-state index contributed by atoms with van der Waals surface area (Å²) in [5.41, 5.74) is 2.69. The molecule has 1 atom stereocenters. The molecule has 67 heavy (non-hydrogen) atoms. The third kappa shape index (κ3) is 10.9. The number of rotatable bonds is 22. The summed E-state index contributed by atoms with van der Waals surface area (Å²) in [5, 5.41) is 15.5. The van der Waals surface area contributed by atoms with Gasteiger partial charge in [-0.1, -0.05) is 12.1 Å². The Kier molecular flexibility index (Phi) is 13.7. The number of likely N-dealkylation sites (tertiary alicyclic amines) is 1. The second-order valence-electron chi connectivity index (χ2n) is 17.1. The van der Waals surface area contributed by atoms with E-state index in [0.717, 1.165) is 55.9 Å². The van der Waals surface area contributed by atoms with Crippen molar-refractivity contribution in [2.24, 2.45) is 5.92 Å². The molecular formula is C47H50F2N10O8. The topological polar surface area (TPSA) is 215 Å². The van der Waals surface area contributed by atoms with Crippen LogP contribution in [0, 0.1) is 5.92 Å². The van der Waals surface area contributed by atoms with Crippen LogP contribution in [0.25, 0.3) is 17.1 Å². The lowest BCUT2D eigenvalue weighted by atomic mass is 10.0. The Bertz CT molecular complexity index is 2630. The number of carbonyl (C=O) groups excluding carboxylic acids is 5. The molecule has 1 unspecified atom stereocenters. The molecule has 2 aromatic carbocycles. The molecule has 18 nitrogen and oxygen atoms in total. The number of unbranched alkanes of at least 4 members (excludes halogenated alkanes) is 1. The number of carbonyl (C=O) groups is 5. The first kappa shape index (κ1) is 45.3. The minimum absolute atomic E-state index is 0.0688. The van der Waals surface area contributed by atoms with Crippen molar-refractivity contribution in [1.29, 1.82) is 0 Å². The second kappa shape index (κ2) is 20.3. The molecule has 0 spiro atoms. The fraction of sp³-hybridized carbons (Fsp3) is 0.404. The highest BCUT2D eigenvalue weighted by molar-refractivity contribution is 6.23. The third-order valence-corrected chi connectivity index (χ3v) is 12.1. The Labute approximate surface area is 383 Å². The molecule has 0 bridgehead atoms. The maximum Gasteiger partial charge on any atom is 0.284 e. The summed E-state index contributed by atoms with van der Waals surface area (Å²) < 4.78 is 46.5. The molecule has 5 aromatic rings. The van der Waals surface area contributed by atoms with Gasteiger partial charge in [0.15, 0.2) is 11.4 Å². The molecule has 350 valence electrons. The lowest BCUT2D eigenvalue weighted by molar-refractivity contribution is -0.136. The molecule has 3 aromatic heterocycles. The summed E-state index contributed by atoms with van der Waals surface area (Å²) in [6.07, 6.45) is 6.36. The molecule has 9 rings (SSSR count). The minimum atomic E-state index is -2.93. The van der Waals surface area contributed by atoms with E-state index in [0.29, 0.717) is 55.1 Å². The Morgan fingerprint density at radius 3 is 2.48 bits per heavy atom. The predicted molar refractivity (Wildman–Crippen MR) is 239 cm³/mol. The molecule has 5 amide bonds. The van der Waals surface area contributed by atoms with E-state index < -0.39 is 47.7 Å². The second-order valence-corrected chi connectivity index (χ2v) is 17.1. The molecule has 1 saturated carbocycles. The van der Waals surface area contributed by atoms with Crippen LogP contribution in [0.3, 0.4) is 0 Å². The van der Waals surface area contributed by atoms with E-state index in [9.17, 15) is 32.8 Å². The quantitative estimate of drug-likeness (QED) is 0.0500. The van der Waals surface area contributed by atoms with Crippen LogP contribution in [0.4, 0.5) is 26.0 Å². The van der Waals surface area contributed by atoms with Crippen molar-refractivity contribution in [3.8, 4) is 17.1 Å². The average molecular weight is 921 g/mol. The molecule has 6 heterocycles. The summed E-state index contributed by atoms with van der Waals surface area (Å²) >= 11 is 0. The highest BCUT2D eigenvalue weighted by atomic mass is 19.3. The molecule has 20 heteroatoms. The van der Waals surface area contributed by atoms with E-state index in [-0.39, 0.29) is 47.3 Å². The maximum atomic E-state index is 14.0. The molecular weight excluding hydrogens is 871 g/mol. The van der Waals surface area contributed by atoms with Crippen molar-refractivity contribution in [3.63, 3.8) is 0 Å². The Morgan fingerprint density at radius 2 is 1.70 bits per heavy atom. The van der Waals surface area contributed by atoms with Gasteiger partial charge in [0.2, 0.25) is 17.7 Å². The van der Waals surface area contributed by atoms with Crippen molar-refractivity contribution in [2.75, 3.05) is 68.6 Å². The molecule has 3 aliphatic heterocycles. The van der Waals surface area contributed by atoms with Gasteiger partial charge in [0.1, 0.15) is 18.1 Å². The number of benzene rings is 2. The number of hydrogen-bond donors (Lipinski definition) is 4. The number of nitrogens with one attached hydrogen (secondary N) is 4. The van der Waals surface area contributed by atoms with Crippen molar-refractivity contribution in [3.05, 3.63) is 101 Å². The fourth-order valence-electron chi connectivity index (χ4n) is 8.21. The van der Waals surface area contributed by atoms with Gasteiger partial charge in [-0.3, -0.25) is 39.1 Å². The van der Waals surface area contributed by atoms with Crippen LogP contribution in [0.15, 0.2) is 77.7 Å². The van der Waals surface area contributed by atoms with Gasteiger partial charge in [-0.2, -0.15) is 5.10 Å². The summed E-state index contributed by atoms with van der Waals surface area (Å²) in [4.78, 5) is 74.9. The minimum Gasteiger partial charge on any atom is -0.444 e. The van der Waals surface area contributed by atoms with E-state index in [1.165, 1.54) is 30.0 Å². The Morgan fingerprint density at radius 1 is 0.910 bits per heavy atom. The van der Waals surface area contributed by atoms with Crippen molar-refractivity contribution >= 4 is 46.7 Å². The van der Waals surface area contributed by atoms with E-state index in [2.05, 4.69) is 41.2 Å². The number of nitrogens with zero attached hydrogens (tertiary/aromatic N) is 6.